The van der Waals surface area contributed by atoms with Crippen molar-refractivity contribution in [2.45, 2.75) is 95.9 Å². The predicted molar refractivity (Wildman–Crippen MR) is 246 cm³/mol. The molecule has 338 valence electrons. The summed E-state index contributed by atoms with van der Waals surface area (Å²) in [5.41, 5.74) is 4.31. The molecule has 1 aromatic carbocycles. The number of ether oxygens (including phenoxy) is 1. The van der Waals surface area contributed by atoms with E-state index in [-0.39, 0.29) is 47.6 Å². The van der Waals surface area contributed by atoms with Gasteiger partial charge in [-0.1, -0.05) is 23.7 Å². The van der Waals surface area contributed by atoms with Gasteiger partial charge in [0.15, 0.2) is 18.2 Å². The fourth-order valence-electron chi connectivity index (χ4n) is 10.5. The molecule has 17 heteroatoms. The zero-order valence-electron chi connectivity index (χ0n) is 37.2. The molecule has 4 aromatic heterocycles. The van der Waals surface area contributed by atoms with E-state index >= 15 is 0 Å². The Morgan fingerprint density at radius 3 is 2.45 bits per heavy atom. The number of rotatable bonds is 11. The number of likely N-dealkylation sites (tertiary alicyclic amines) is 1. The van der Waals surface area contributed by atoms with Gasteiger partial charge >= 0.3 is 0 Å². The quantitative estimate of drug-likeness (QED) is 0.125. The number of hydrogen-bond donors (Lipinski definition) is 3. The zero-order valence-corrected chi connectivity index (χ0v) is 37.9. The molecule has 3 amide bonds. The summed E-state index contributed by atoms with van der Waals surface area (Å²) in [5.74, 6) is 1.24. The fraction of sp³-hybridized carbons (Fsp3) is 0.532. The normalized spacial score (nSPS) is 20.0. The van der Waals surface area contributed by atoms with Crippen molar-refractivity contribution in [1.29, 1.82) is 0 Å². The maximum absolute atomic E-state index is 13.2. The Bertz CT molecular complexity index is 2640. The minimum Gasteiger partial charge on any atom is -0.478 e. The second-order valence-electron chi connectivity index (χ2n) is 18.7. The Morgan fingerprint density at radius 1 is 0.969 bits per heavy atom. The van der Waals surface area contributed by atoms with Crippen LogP contribution in [0.5, 0.6) is 5.75 Å². The minimum absolute atomic E-state index is 0.0710. The van der Waals surface area contributed by atoms with Crippen molar-refractivity contribution < 1.29 is 19.1 Å². The summed E-state index contributed by atoms with van der Waals surface area (Å²) in [4.78, 5) is 68.5. The number of nitrogens with zero attached hydrogens (tertiary/aromatic N) is 8. The van der Waals surface area contributed by atoms with E-state index in [1.165, 1.54) is 44.8 Å². The van der Waals surface area contributed by atoms with Crippen LogP contribution in [0.4, 0.5) is 17.5 Å². The lowest BCUT2D eigenvalue weighted by Gasteiger charge is -2.47. The van der Waals surface area contributed by atoms with Gasteiger partial charge < -0.3 is 25.2 Å². The topological polar surface area (TPSA) is 181 Å². The number of halogens is 1. The third-order valence-electron chi connectivity index (χ3n) is 14.3. The number of imide groups is 1. The number of hydrogen-bond acceptors (Lipinski definition) is 12. The highest BCUT2D eigenvalue weighted by atomic mass is 35.5. The van der Waals surface area contributed by atoms with Crippen LogP contribution in [-0.4, -0.2) is 98.3 Å². The highest BCUT2D eigenvalue weighted by Crippen LogP contribution is 2.47. The number of piperidine rings is 3. The lowest BCUT2D eigenvalue weighted by Crippen LogP contribution is -2.44. The van der Waals surface area contributed by atoms with Crippen molar-refractivity contribution in [2.75, 3.05) is 56.6 Å². The fourth-order valence-corrected chi connectivity index (χ4v) is 10.7. The summed E-state index contributed by atoms with van der Waals surface area (Å²) in [6.07, 6.45) is 13.7. The first-order chi connectivity index (χ1) is 30.9. The third-order valence-corrected chi connectivity index (χ3v) is 14.6. The molecule has 3 saturated heterocycles. The zero-order chi connectivity index (χ0) is 44.7. The van der Waals surface area contributed by atoms with Crippen LogP contribution in [0, 0.1) is 11.3 Å². The van der Waals surface area contributed by atoms with Crippen molar-refractivity contribution in [2.24, 2.45) is 18.4 Å². The molecular weight excluding hydrogens is 834 g/mol. The summed E-state index contributed by atoms with van der Waals surface area (Å²) in [6, 6.07) is 9.91. The molecule has 1 saturated carbocycles. The van der Waals surface area contributed by atoms with Gasteiger partial charge in [0.2, 0.25) is 17.8 Å². The number of aromatic nitrogens is 6. The first-order valence-electron chi connectivity index (χ1n) is 22.8. The van der Waals surface area contributed by atoms with Crippen LogP contribution < -0.4 is 31.1 Å². The van der Waals surface area contributed by atoms with Crippen LogP contribution >= 0.6 is 11.6 Å². The van der Waals surface area contributed by atoms with E-state index in [1.54, 1.807) is 23.0 Å². The third kappa shape index (κ3) is 8.90. The molecule has 4 fully saturated rings. The van der Waals surface area contributed by atoms with Gasteiger partial charge in [-0.05, 0) is 126 Å². The van der Waals surface area contributed by atoms with Crippen LogP contribution in [0.1, 0.15) is 107 Å². The summed E-state index contributed by atoms with van der Waals surface area (Å²) in [7, 11) is 3.46. The molecular formula is C47H58ClN11O5. The molecule has 1 atom stereocenters. The average molecular weight is 893 g/mol. The molecule has 1 unspecified atom stereocenters. The van der Waals surface area contributed by atoms with Gasteiger partial charge in [0.05, 0.1) is 35.2 Å². The van der Waals surface area contributed by atoms with Crippen molar-refractivity contribution in [3.63, 3.8) is 0 Å². The van der Waals surface area contributed by atoms with Crippen LogP contribution in [-0.2, 0) is 21.4 Å². The van der Waals surface area contributed by atoms with Crippen molar-refractivity contribution >= 4 is 68.7 Å². The SMILES string of the molecule is CNC(=O)COc1cc2cc(Nc3nc(N4CCC5(CCC(CN6CCC(c7ccc8c(C9CCC(=O)NC9=O)nn(C)c8c7)CC6)CC5)CC4)ncc3Cl)cnc2n(C(C)C)c1=O. The van der Waals surface area contributed by atoms with Gasteiger partial charge in [-0.2, -0.15) is 10.1 Å². The molecule has 16 nitrogen and oxygen atoms in total. The van der Waals surface area contributed by atoms with Gasteiger partial charge in [0, 0.05) is 57.0 Å². The Balaban J connectivity index is 0.767. The largest absolute Gasteiger partial charge is 0.478 e. The van der Waals surface area contributed by atoms with Gasteiger partial charge in [0.25, 0.3) is 11.5 Å². The van der Waals surface area contributed by atoms with E-state index < -0.39 is 0 Å². The molecule has 7 heterocycles. The van der Waals surface area contributed by atoms with Gasteiger partial charge in [-0.25, -0.2) is 9.97 Å². The summed E-state index contributed by atoms with van der Waals surface area (Å²) >= 11 is 6.64. The second-order valence-corrected chi connectivity index (χ2v) is 19.1. The highest BCUT2D eigenvalue weighted by molar-refractivity contribution is 6.33. The first kappa shape index (κ1) is 43.6. The van der Waals surface area contributed by atoms with Crippen LogP contribution in [0.25, 0.3) is 21.9 Å². The number of pyridine rings is 2. The van der Waals surface area contributed by atoms with Crippen molar-refractivity contribution in [1.82, 2.24) is 44.8 Å². The van der Waals surface area contributed by atoms with Gasteiger partial charge in [0.1, 0.15) is 10.7 Å². The van der Waals surface area contributed by atoms with Crippen LogP contribution in [0.15, 0.2) is 47.5 Å². The van der Waals surface area contributed by atoms with Gasteiger partial charge in [-0.3, -0.25) is 33.7 Å². The lowest BCUT2D eigenvalue weighted by atomic mass is 9.65. The number of likely N-dealkylation sites (N-methyl/N-ethyl adjacent to an activating group) is 1. The smallest absolute Gasteiger partial charge is 0.294 e. The number of amides is 3. The maximum atomic E-state index is 13.2. The van der Waals surface area contributed by atoms with E-state index in [2.05, 4.69) is 53.9 Å². The average Bonchev–Trinajstić information content (AvgIpc) is 3.62. The van der Waals surface area contributed by atoms with Crippen molar-refractivity contribution in [3.05, 3.63) is 69.4 Å². The Labute approximate surface area is 377 Å². The van der Waals surface area contributed by atoms with Gasteiger partial charge in [-0.15, -0.1) is 0 Å². The molecule has 5 aromatic rings. The van der Waals surface area contributed by atoms with E-state index in [4.69, 9.17) is 26.4 Å². The van der Waals surface area contributed by atoms with E-state index in [9.17, 15) is 19.2 Å². The molecule has 4 aliphatic rings. The van der Waals surface area contributed by atoms with E-state index in [0.29, 0.717) is 57.7 Å². The summed E-state index contributed by atoms with van der Waals surface area (Å²) in [5, 5.41) is 15.1. The Hall–Kier alpha value is -5.61. The molecule has 9 rings (SSSR count). The maximum Gasteiger partial charge on any atom is 0.294 e. The molecule has 3 aliphatic heterocycles. The monoisotopic (exact) mass is 891 g/mol. The van der Waals surface area contributed by atoms with E-state index in [0.717, 1.165) is 74.4 Å². The Morgan fingerprint density at radius 2 is 1.73 bits per heavy atom. The summed E-state index contributed by atoms with van der Waals surface area (Å²) in [6.45, 7) is 8.71. The lowest BCUT2D eigenvalue weighted by molar-refractivity contribution is -0.134. The molecule has 1 aliphatic carbocycles. The predicted octanol–water partition coefficient (Wildman–Crippen LogP) is 6.35. The minimum atomic E-state index is -0.390. The molecule has 0 bridgehead atoms. The highest BCUT2D eigenvalue weighted by Gasteiger charge is 2.39. The number of carbonyl (C=O) groups is 3. The van der Waals surface area contributed by atoms with Crippen molar-refractivity contribution in [3.8, 4) is 5.75 Å². The Kier molecular flexibility index (Phi) is 12.3. The van der Waals surface area contributed by atoms with Crippen LogP contribution in [0.2, 0.25) is 5.02 Å². The molecule has 3 N–H and O–H groups in total. The second kappa shape index (κ2) is 18.1. The molecule has 0 radical (unpaired) electrons. The summed E-state index contributed by atoms with van der Waals surface area (Å²) < 4.78 is 9.06. The standard InChI is InChI=1S/C47H58ClN11O5/c1-28(2)59-43-32(23-38(45(59)63)64-27-40(61)49-3)21-33(24-50-43)52-42-36(48)25-51-46(54-42)58-19-15-47(16-20-58)13-9-29(10-14-47)26-57-17-11-30(12-18-57)31-5-6-34-37(22-31)56(4)55-41(34)35-7-8-39(60)53-44(35)62/h5-6,21-25,28-30,35H,7-20,26-27H2,1-4H3,(H,49,61)(H,51,52,54)(H,53,60,62). The number of carbonyl (C=O) groups excluding carboxylic acids is 3. The molecule has 1 spiro atoms. The van der Waals surface area contributed by atoms with Crippen LogP contribution in [0.3, 0.4) is 0 Å². The number of fused-ring (bicyclic) bond motifs is 2. The number of anilines is 3. The molecule has 64 heavy (non-hydrogen) atoms. The number of benzene rings is 1. The van der Waals surface area contributed by atoms with E-state index in [1.807, 2.05) is 31.6 Å². The number of nitrogens with one attached hydrogen (secondary N) is 3. The number of aryl methyl sites for hydroxylation is 1. The first-order valence-corrected chi connectivity index (χ1v) is 23.2.